The van der Waals surface area contributed by atoms with E-state index in [9.17, 15) is 8.42 Å². The van der Waals surface area contributed by atoms with E-state index in [-0.39, 0.29) is 6.04 Å². The van der Waals surface area contributed by atoms with Gasteiger partial charge in [-0.25, -0.2) is 0 Å². The maximum absolute atomic E-state index is 11.5. The first-order chi connectivity index (χ1) is 7.05. The first-order valence-electron chi connectivity index (χ1n) is 4.71. The van der Waals surface area contributed by atoms with Crippen molar-refractivity contribution in [2.75, 3.05) is 10.5 Å². The summed E-state index contributed by atoms with van der Waals surface area (Å²) in [6.45, 7) is 0. The Morgan fingerprint density at radius 1 is 1.20 bits per heavy atom. The summed E-state index contributed by atoms with van der Waals surface area (Å²) in [5.74, 6) is 0. The molecule has 5 nitrogen and oxygen atoms in total. The summed E-state index contributed by atoms with van der Waals surface area (Å²) in [6, 6.07) is 6.66. The van der Waals surface area contributed by atoms with E-state index in [1.54, 1.807) is 24.3 Å². The van der Waals surface area contributed by atoms with E-state index in [2.05, 4.69) is 9.44 Å². The average molecular weight is 227 g/mol. The van der Waals surface area contributed by atoms with Crippen LogP contribution in [-0.4, -0.2) is 14.5 Å². The number of hydrogen-bond acceptors (Lipinski definition) is 3. The minimum atomic E-state index is -3.43. The van der Waals surface area contributed by atoms with Crippen molar-refractivity contribution in [3.63, 3.8) is 0 Å². The van der Waals surface area contributed by atoms with Crippen LogP contribution in [0.1, 0.15) is 12.8 Å². The van der Waals surface area contributed by atoms with E-state index in [0.717, 1.165) is 12.8 Å². The van der Waals surface area contributed by atoms with Crippen LogP contribution in [0.25, 0.3) is 0 Å². The molecule has 0 heterocycles. The maximum atomic E-state index is 11.5. The topological polar surface area (TPSA) is 84.2 Å². The van der Waals surface area contributed by atoms with Crippen molar-refractivity contribution >= 4 is 21.6 Å². The molecule has 15 heavy (non-hydrogen) atoms. The van der Waals surface area contributed by atoms with Gasteiger partial charge in [0.05, 0.1) is 0 Å². The molecule has 1 aliphatic rings. The zero-order valence-electron chi connectivity index (χ0n) is 8.10. The molecule has 0 aromatic heterocycles. The summed E-state index contributed by atoms with van der Waals surface area (Å²) < 4.78 is 27.9. The maximum Gasteiger partial charge on any atom is 0.299 e. The molecule has 0 spiro atoms. The Bertz CT molecular complexity index is 437. The number of nitrogen functional groups attached to an aromatic ring is 1. The number of rotatable bonds is 4. The van der Waals surface area contributed by atoms with Crippen molar-refractivity contribution in [2.45, 2.75) is 18.9 Å². The van der Waals surface area contributed by atoms with Gasteiger partial charge < -0.3 is 5.73 Å². The van der Waals surface area contributed by atoms with Crippen LogP contribution in [0.5, 0.6) is 0 Å². The molecule has 1 fully saturated rings. The Balaban J connectivity index is 2.03. The number of anilines is 2. The van der Waals surface area contributed by atoms with Crippen molar-refractivity contribution < 1.29 is 8.42 Å². The second-order valence-electron chi connectivity index (χ2n) is 3.62. The molecule has 0 atom stereocenters. The largest absolute Gasteiger partial charge is 0.399 e. The Kier molecular flexibility index (Phi) is 2.54. The van der Waals surface area contributed by atoms with E-state index < -0.39 is 10.2 Å². The molecule has 0 saturated heterocycles. The van der Waals surface area contributed by atoms with Crippen LogP contribution < -0.4 is 15.2 Å². The molecule has 0 unspecified atom stereocenters. The Morgan fingerprint density at radius 2 is 1.80 bits per heavy atom. The highest BCUT2D eigenvalue weighted by Gasteiger charge is 2.26. The fraction of sp³-hybridized carbons (Fsp3) is 0.333. The van der Waals surface area contributed by atoms with Crippen molar-refractivity contribution in [1.82, 2.24) is 4.72 Å². The van der Waals surface area contributed by atoms with Gasteiger partial charge >= 0.3 is 0 Å². The first-order valence-corrected chi connectivity index (χ1v) is 6.19. The molecule has 4 N–H and O–H groups in total. The van der Waals surface area contributed by atoms with Gasteiger partial charge in [0.2, 0.25) is 0 Å². The summed E-state index contributed by atoms with van der Waals surface area (Å²) in [5, 5.41) is 0. The normalized spacial score (nSPS) is 16.3. The second-order valence-corrected chi connectivity index (χ2v) is 5.07. The quantitative estimate of drug-likeness (QED) is 0.661. The molecule has 2 rings (SSSR count). The number of nitrogens with two attached hydrogens (primary N) is 1. The van der Waals surface area contributed by atoms with Crippen LogP contribution in [-0.2, 0) is 10.2 Å². The van der Waals surface area contributed by atoms with Crippen LogP contribution in [0.2, 0.25) is 0 Å². The van der Waals surface area contributed by atoms with Crippen LogP contribution in [0, 0.1) is 0 Å². The van der Waals surface area contributed by atoms with E-state index in [1.807, 2.05) is 0 Å². The summed E-state index contributed by atoms with van der Waals surface area (Å²) in [4.78, 5) is 0. The molecule has 0 amide bonds. The van der Waals surface area contributed by atoms with E-state index in [4.69, 9.17) is 5.73 Å². The lowest BCUT2D eigenvalue weighted by molar-refractivity contribution is 0.586. The fourth-order valence-corrected chi connectivity index (χ4v) is 2.34. The van der Waals surface area contributed by atoms with Gasteiger partial charge in [-0.1, -0.05) is 0 Å². The van der Waals surface area contributed by atoms with Gasteiger partial charge in [0.1, 0.15) is 0 Å². The predicted octanol–water partition coefficient (Wildman–Crippen LogP) is 0.677. The van der Waals surface area contributed by atoms with Crippen molar-refractivity contribution in [2.24, 2.45) is 0 Å². The summed E-state index contributed by atoms with van der Waals surface area (Å²) in [6.07, 6.45) is 1.84. The highest BCUT2D eigenvalue weighted by Crippen LogP contribution is 2.20. The standard InChI is InChI=1S/C9H13N3O2S/c10-7-1-3-8(4-2-7)11-15(13,14)12-9-5-6-9/h1-4,9,11-12H,5-6,10H2. The molecule has 1 aromatic rings. The molecule has 1 saturated carbocycles. The van der Waals surface area contributed by atoms with Gasteiger partial charge in [0, 0.05) is 17.4 Å². The average Bonchev–Trinajstić information content (AvgIpc) is 2.91. The Hall–Kier alpha value is -1.27. The molecule has 82 valence electrons. The van der Waals surface area contributed by atoms with Crippen molar-refractivity contribution in [3.8, 4) is 0 Å². The first kappa shape index (κ1) is 10.3. The van der Waals surface area contributed by atoms with Gasteiger partial charge in [-0.2, -0.15) is 13.1 Å². The van der Waals surface area contributed by atoms with Crippen molar-refractivity contribution in [3.05, 3.63) is 24.3 Å². The van der Waals surface area contributed by atoms with Crippen LogP contribution in [0.15, 0.2) is 24.3 Å². The zero-order chi connectivity index (χ0) is 10.9. The van der Waals surface area contributed by atoms with Crippen LogP contribution in [0.4, 0.5) is 11.4 Å². The van der Waals surface area contributed by atoms with E-state index in [1.165, 1.54) is 0 Å². The van der Waals surface area contributed by atoms with Gasteiger partial charge in [0.15, 0.2) is 0 Å². The third-order valence-electron chi connectivity index (χ3n) is 2.06. The second kappa shape index (κ2) is 3.71. The third-order valence-corrected chi connectivity index (χ3v) is 3.21. The number of hydrogen-bond donors (Lipinski definition) is 3. The monoisotopic (exact) mass is 227 g/mol. The SMILES string of the molecule is Nc1ccc(NS(=O)(=O)NC2CC2)cc1. The molecule has 1 aliphatic carbocycles. The predicted molar refractivity (Wildman–Crippen MR) is 59.6 cm³/mol. The van der Waals surface area contributed by atoms with E-state index >= 15 is 0 Å². The highest BCUT2D eigenvalue weighted by atomic mass is 32.2. The Labute approximate surface area is 88.9 Å². The molecular weight excluding hydrogens is 214 g/mol. The molecule has 0 radical (unpaired) electrons. The van der Waals surface area contributed by atoms with Gasteiger partial charge in [-0.15, -0.1) is 0 Å². The summed E-state index contributed by atoms with van der Waals surface area (Å²) in [7, 11) is -3.43. The van der Waals surface area contributed by atoms with Gasteiger partial charge in [-0.05, 0) is 37.1 Å². The highest BCUT2D eigenvalue weighted by molar-refractivity contribution is 7.90. The summed E-state index contributed by atoms with van der Waals surface area (Å²) >= 11 is 0. The van der Waals surface area contributed by atoms with Gasteiger partial charge in [-0.3, -0.25) is 4.72 Å². The lowest BCUT2D eigenvalue weighted by atomic mass is 10.3. The minimum absolute atomic E-state index is 0.108. The Morgan fingerprint density at radius 3 is 2.33 bits per heavy atom. The third kappa shape index (κ3) is 3.10. The molecule has 6 heteroatoms. The number of benzene rings is 1. The zero-order valence-corrected chi connectivity index (χ0v) is 8.92. The summed E-state index contributed by atoms with van der Waals surface area (Å²) in [5.41, 5.74) is 6.60. The molecule has 0 bridgehead atoms. The molecular formula is C9H13N3O2S. The van der Waals surface area contributed by atoms with Crippen LogP contribution in [0.3, 0.4) is 0 Å². The molecule has 1 aromatic carbocycles. The smallest absolute Gasteiger partial charge is 0.299 e. The minimum Gasteiger partial charge on any atom is -0.399 e. The lowest BCUT2D eigenvalue weighted by Gasteiger charge is -2.08. The lowest BCUT2D eigenvalue weighted by Crippen LogP contribution is -2.31. The molecule has 0 aliphatic heterocycles. The van der Waals surface area contributed by atoms with Crippen molar-refractivity contribution in [1.29, 1.82) is 0 Å². The number of nitrogens with one attached hydrogen (secondary N) is 2. The van der Waals surface area contributed by atoms with Crippen LogP contribution >= 0.6 is 0 Å². The van der Waals surface area contributed by atoms with E-state index in [0.29, 0.717) is 11.4 Å². The van der Waals surface area contributed by atoms with Gasteiger partial charge in [0.25, 0.3) is 10.2 Å². The fourth-order valence-electron chi connectivity index (χ4n) is 1.16.